The lowest BCUT2D eigenvalue weighted by molar-refractivity contribution is -0.145. The SMILES string of the molecule is CC(C)CCC[C@@H](C)CCC[C@@H](C)CCCC(C)CCOC[C@@H](COCCOCCOCCOCCOC(=O)CCCCC1CCSS1)OCCC(C)CCC[C@@H](C)CCC[C@@H](C)CCCC(C)C. The van der Waals surface area contributed by atoms with Gasteiger partial charge in [0.1, 0.15) is 12.7 Å². The standard InChI is InChI=1S/C59H116O8S2/c1-49(2)19-13-21-51(5)23-15-25-53(7)27-17-29-55(9)33-36-64-47-57(66-37-34-56(10)30-18-28-54(8)26-16-24-52(6)22-14-20-50(3)4)48-65-43-42-62-39-38-61-40-41-63-44-45-67-59(60)32-12-11-31-58-35-46-68-69-58/h49-58H,11-48H2,1-10H3/t51-,52+,53-,54+,55?,56?,57+,58?/m1/s1. The highest BCUT2D eigenvalue weighted by Crippen LogP contribution is 2.40. The number of carbonyl (C=O) groups excluding carboxylic acids is 1. The molecule has 0 N–H and O–H groups in total. The van der Waals surface area contributed by atoms with E-state index in [2.05, 4.69) is 69.2 Å². The van der Waals surface area contributed by atoms with Crippen LogP contribution in [0.2, 0.25) is 0 Å². The normalized spacial score (nSPS) is 17.4. The molecule has 0 spiro atoms. The second kappa shape index (κ2) is 47.6. The van der Waals surface area contributed by atoms with Crippen molar-refractivity contribution in [1.29, 1.82) is 0 Å². The van der Waals surface area contributed by atoms with Gasteiger partial charge in [0.15, 0.2) is 0 Å². The molecule has 412 valence electrons. The molecule has 0 saturated carbocycles. The molecule has 0 radical (unpaired) electrons. The summed E-state index contributed by atoms with van der Waals surface area (Å²) in [5.41, 5.74) is 0. The van der Waals surface area contributed by atoms with Gasteiger partial charge in [-0.3, -0.25) is 4.79 Å². The highest BCUT2D eigenvalue weighted by Gasteiger charge is 2.17. The lowest BCUT2D eigenvalue weighted by atomic mass is 9.91. The molecule has 1 rings (SSSR count). The summed E-state index contributed by atoms with van der Waals surface area (Å²) >= 11 is 0. The zero-order valence-corrected chi connectivity index (χ0v) is 48.9. The third kappa shape index (κ3) is 46.2. The van der Waals surface area contributed by atoms with Crippen molar-refractivity contribution in [3.05, 3.63) is 0 Å². The molecule has 1 heterocycles. The van der Waals surface area contributed by atoms with Crippen LogP contribution in [0.25, 0.3) is 0 Å². The first-order chi connectivity index (χ1) is 33.3. The van der Waals surface area contributed by atoms with Crippen LogP contribution in [0.3, 0.4) is 0 Å². The molecule has 3 unspecified atom stereocenters. The summed E-state index contributed by atoms with van der Waals surface area (Å²) < 4.78 is 41.0. The summed E-state index contributed by atoms with van der Waals surface area (Å²) in [6.45, 7) is 30.2. The number of carbonyl (C=O) groups is 1. The van der Waals surface area contributed by atoms with Crippen LogP contribution < -0.4 is 0 Å². The third-order valence-electron chi connectivity index (χ3n) is 14.3. The Balaban J connectivity index is 2.26. The molecule has 0 amide bonds. The minimum Gasteiger partial charge on any atom is -0.463 e. The Kier molecular flexibility index (Phi) is 46.2. The first-order valence-electron chi connectivity index (χ1n) is 29.3. The fourth-order valence-electron chi connectivity index (χ4n) is 9.32. The Morgan fingerprint density at radius 1 is 0.420 bits per heavy atom. The van der Waals surface area contributed by atoms with Crippen molar-refractivity contribution in [3.8, 4) is 0 Å². The monoisotopic (exact) mass is 1020 g/mol. The molecule has 0 aromatic rings. The molecule has 8 atom stereocenters. The Hall–Kier alpha value is -0.0700. The minimum atomic E-state index is -0.125. The summed E-state index contributed by atoms with van der Waals surface area (Å²) in [4.78, 5) is 12.0. The maximum absolute atomic E-state index is 12.0. The van der Waals surface area contributed by atoms with Gasteiger partial charge >= 0.3 is 5.97 Å². The average Bonchev–Trinajstić information content (AvgIpc) is 3.82. The number of rotatable bonds is 52. The molecule has 8 nitrogen and oxygen atoms in total. The van der Waals surface area contributed by atoms with Crippen molar-refractivity contribution in [2.24, 2.45) is 47.3 Å². The average molecular weight is 1020 g/mol. The maximum Gasteiger partial charge on any atom is 0.305 e. The number of hydrogen-bond acceptors (Lipinski definition) is 10. The van der Waals surface area contributed by atoms with Gasteiger partial charge in [-0.05, 0) is 79.4 Å². The van der Waals surface area contributed by atoms with E-state index in [-0.39, 0.29) is 12.1 Å². The molecule has 10 heteroatoms. The highest BCUT2D eigenvalue weighted by molar-refractivity contribution is 8.77. The van der Waals surface area contributed by atoms with Crippen LogP contribution in [0.4, 0.5) is 0 Å². The van der Waals surface area contributed by atoms with E-state index < -0.39 is 0 Å². The quantitative estimate of drug-likeness (QED) is 0.0334. The smallest absolute Gasteiger partial charge is 0.305 e. The number of esters is 1. The number of hydrogen-bond donors (Lipinski definition) is 0. The molecule has 0 aromatic carbocycles. The molecule has 1 saturated heterocycles. The van der Waals surface area contributed by atoms with E-state index in [0.717, 1.165) is 79.7 Å². The van der Waals surface area contributed by atoms with Crippen molar-refractivity contribution in [2.75, 3.05) is 85.0 Å². The van der Waals surface area contributed by atoms with Crippen LogP contribution in [-0.4, -0.2) is 102 Å². The van der Waals surface area contributed by atoms with Gasteiger partial charge in [0, 0.05) is 30.6 Å². The topological polar surface area (TPSA) is 81.7 Å². The van der Waals surface area contributed by atoms with E-state index in [1.54, 1.807) is 0 Å². The van der Waals surface area contributed by atoms with Crippen molar-refractivity contribution in [1.82, 2.24) is 0 Å². The summed E-state index contributed by atoms with van der Waals surface area (Å²) in [5.74, 6) is 7.54. The van der Waals surface area contributed by atoms with Crippen LogP contribution >= 0.6 is 21.6 Å². The second-order valence-corrected chi connectivity index (χ2v) is 25.6. The van der Waals surface area contributed by atoms with Crippen LogP contribution in [0, 0.1) is 47.3 Å². The number of unbranched alkanes of at least 4 members (excludes halogenated alkanes) is 1. The van der Waals surface area contributed by atoms with Crippen molar-refractivity contribution < 1.29 is 38.0 Å². The summed E-state index contributed by atoms with van der Waals surface area (Å²) in [7, 11) is 3.97. The number of ether oxygens (including phenoxy) is 7. The Morgan fingerprint density at radius 2 is 0.797 bits per heavy atom. The predicted molar refractivity (Wildman–Crippen MR) is 299 cm³/mol. The minimum absolute atomic E-state index is 0.0734. The van der Waals surface area contributed by atoms with Crippen LogP contribution in [-0.2, 0) is 38.0 Å². The molecular formula is C59H116O8S2. The molecular weight excluding hydrogens is 901 g/mol. The van der Waals surface area contributed by atoms with Gasteiger partial charge in [-0.15, -0.1) is 0 Å². The van der Waals surface area contributed by atoms with Crippen LogP contribution in [0.15, 0.2) is 0 Å². The van der Waals surface area contributed by atoms with E-state index >= 15 is 0 Å². The Morgan fingerprint density at radius 3 is 1.22 bits per heavy atom. The Labute approximate surface area is 437 Å². The van der Waals surface area contributed by atoms with E-state index in [1.165, 1.54) is 134 Å². The van der Waals surface area contributed by atoms with Gasteiger partial charge in [-0.2, -0.15) is 0 Å². The molecule has 0 aliphatic carbocycles. The fraction of sp³-hybridized carbons (Fsp3) is 0.983. The third-order valence-corrected chi connectivity index (χ3v) is 17.4. The van der Waals surface area contributed by atoms with Crippen molar-refractivity contribution >= 4 is 27.6 Å². The molecule has 1 fully saturated rings. The Bertz CT molecular complexity index is 1090. The molecule has 0 bridgehead atoms. The zero-order valence-electron chi connectivity index (χ0n) is 47.2. The van der Waals surface area contributed by atoms with Gasteiger partial charge in [-0.25, -0.2) is 0 Å². The van der Waals surface area contributed by atoms with Crippen LogP contribution in [0.1, 0.15) is 230 Å². The second-order valence-electron chi connectivity index (χ2n) is 22.9. The van der Waals surface area contributed by atoms with Gasteiger partial charge in [0.2, 0.25) is 0 Å². The van der Waals surface area contributed by atoms with Gasteiger partial charge in [-0.1, -0.05) is 213 Å². The van der Waals surface area contributed by atoms with Crippen molar-refractivity contribution in [2.45, 2.75) is 241 Å². The van der Waals surface area contributed by atoms with Gasteiger partial charge in [0.05, 0.1) is 59.5 Å². The molecule has 1 aliphatic rings. The lowest BCUT2D eigenvalue weighted by Gasteiger charge is -2.21. The fourth-order valence-corrected chi connectivity index (χ4v) is 12.3. The van der Waals surface area contributed by atoms with E-state index in [4.69, 9.17) is 33.2 Å². The zero-order chi connectivity index (χ0) is 50.6. The molecule has 1 aliphatic heterocycles. The summed E-state index contributed by atoms with van der Waals surface area (Å²) in [6, 6.07) is 0. The molecule has 0 aromatic heterocycles. The molecule has 69 heavy (non-hydrogen) atoms. The van der Waals surface area contributed by atoms with Crippen LogP contribution in [0.5, 0.6) is 0 Å². The summed E-state index contributed by atoms with van der Waals surface area (Å²) in [5, 5.41) is 0.767. The first-order valence-corrected chi connectivity index (χ1v) is 31.7. The van der Waals surface area contributed by atoms with E-state index in [1.807, 2.05) is 21.6 Å². The lowest BCUT2D eigenvalue weighted by Crippen LogP contribution is -2.28. The van der Waals surface area contributed by atoms with Gasteiger partial charge in [0.25, 0.3) is 0 Å². The van der Waals surface area contributed by atoms with Gasteiger partial charge < -0.3 is 33.2 Å². The predicted octanol–water partition coefficient (Wildman–Crippen LogP) is 16.6. The first kappa shape index (κ1) is 66.9. The largest absolute Gasteiger partial charge is 0.463 e. The summed E-state index contributed by atoms with van der Waals surface area (Å²) in [6.07, 6.45) is 31.6. The van der Waals surface area contributed by atoms with E-state index in [0.29, 0.717) is 84.3 Å². The van der Waals surface area contributed by atoms with Crippen molar-refractivity contribution in [3.63, 3.8) is 0 Å². The van der Waals surface area contributed by atoms with E-state index in [9.17, 15) is 4.79 Å². The maximum atomic E-state index is 12.0. The highest BCUT2D eigenvalue weighted by atomic mass is 33.1.